The predicted octanol–water partition coefficient (Wildman–Crippen LogP) is 1.38. The maximum Gasteiger partial charge on any atom is 0.339 e. The average molecular weight is 197 g/mol. The SMILES string of the molecule is CCCCCOc1ccn(C(N)=O)n1. The van der Waals surface area contributed by atoms with Crippen molar-refractivity contribution in [1.29, 1.82) is 0 Å². The van der Waals surface area contributed by atoms with Crippen LogP contribution in [0.2, 0.25) is 0 Å². The first-order chi connectivity index (χ1) is 6.74. The standard InChI is InChI=1S/C9H15N3O2/c1-2-3-4-7-14-8-5-6-12(11-8)9(10)13/h5-6H,2-4,7H2,1H3,(H2,10,13). The van der Waals surface area contributed by atoms with E-state index in [1.54, 1.807) is 6.07 Å². The number of rotatable bonds is 5. The summed E-state index contributed by atoms with van der Waals surface area (Å²) in [6, 6.07) is 1.02. The molecule has 1 aromatic heterocycles. The normalized spacial score (nSPS) is 10.1. The van der Waals surface area contributed by atoms with E-state index < -0.39 is 6.03 Å². The smallest absolute Gasteiger partial charge is 0.339 e. The van der Waals surface area contributed by atoms with E-state index in [0.29, 0.717) is 12.5 Å². The summed E-state index contributed by atoms with van der Waals surface area (Å²) >= 11 is 0. The van der Waals surface area contributed by atoms with Crippen molar-refractivity contribution in [2.24, 2.45) is 5.73 Å². The zero-order valence-corrected chi connectivity index (χ0v) is 8.27. The molecule has 0 radical (unpaired) electrons. The van der Waals surface area contributed by atoms with Crippen LogP contribution in [-0.4, -0.2) is 22.4 Å². The molecule has 5 nitrogen and oxygen atoms in total. The lowest BCUT2D eigenvalue weighted by Crippen LogP contribution is -2.19. The van der Waals surface area contributed by atoms with Gasteiger partial charge in [0.25, 0.3) is 0 Å². The summed E-state index contributed by atoms with van der Waals surface area (Å²) in [5.41, 5.74) is 5.01. The molecule has 0 aliphatic carbocycles. The number of primary amides is 1. The van der Waals surface area contributed by atoms with Gasteiger partial charge in [-0.1, -0.05) is 19.8 Å². The van der Waals surface area contributed by atoms with Crippen molar-refractivity contribution in [2.75, 3.05) is 6.61 Å². The number of hydrogen-bond acceptors (Lipinski definition) is 3. The molecule has 0 aliphatic heterocycles. The van der Waals surface area contributed by atoms with Gasteiger partial charge in [0.2, 0.25) is 5.88 Å². The molecule has 1 heterocycles. The fourth-order valence-electron chi connectivity index (χ4n) is 1.04. The second-order valence-corrected chi connectivity index (χ2v) is 2.99. The van der Waals surface area contributed by atoms with E-state index in [0.717, 1.165) is 23.9 Å². The molecule has 2 N–H and O–H groups in total. The van der Waals surface area contributed by atoms with Gasteiger partial charge in [-0.15, -0.1) is 5.10 Å². The molecule has 0 atom stereocenters. The first kappa shape index (κ1) is 10.6. The molecule has 78 valence electrons. The van der Waals surface area contributed by atoms with Crippen LogP contribution in [0.5, 0.6) is 5.88 Å². The molecule has 0 saturated carbocycles. The van der Waals surface area contributed by atoms with Gasteiger partial charge in [0, 0.05) is 12.3 Å². The number of carbonyl (C=O) groups excluding carboxylic acids is 1. The highest BCUT2D eigenvalue weighted by Gasteiger charge is 2.02. The fraction of sp³-hybridized carbons (Fsp3) is 0.556. The number of nitrogens with zero attached hydrogens (tertiary/aromatic N) is 2. The number of nitrogens with two attached hydrogens (primary N) is 1. The van der Waals surface area contributed by atoms with Crippen LogP contribution in [0.15, 0.2) is 12.3 Å². The van der Waals surface area contributed by atoms with Crippen LogP contribution in [0.25, 0.3) is 0 Å². The molecule has 0 unspecified atom stereocenters. The molecular weight excluding hydrogens is 182 g/mol. The Bertz CT molecular complexity index is 296. The quantitative estimate of drug-likeness (QED) is 0.725. The minimum atomic E-state index is -0.603. The summed E-state index contributed by atoms with van der Waals surface area (Å²) in [6.45, 7) is 2.76. The van der Waals surface area contributed by atoms with Gasteiger partial charge in [-0.2, -0.15) is 4.68 Å². The largest absolute Gasteiger partial charge is 0.477 e. The lowest BCUT2D eigenvalue weighted by Gasteiger charge is -2.00. The van der Waals surface area contributed by atoms with Crippen molar-refractivity contribution in [3.05, 3.63) is 12.3 Å². The van der Waals surface area contributed by atoms with Gasteiger partial charge >= 0.3 is 6.03 Å². The van der Waals surface area contributed by atoms with Gasteiger partial charge in [0.05, 0.1) is 6.61 Å². The van der Waals surface area contributed by atoms with E-state index in [-0.39, 0.29) is 0 Å². The minimum Gasteiger partial charge on any atom is -0.477 e. The lowest BCUT2D eigenvalue weighted by atomic mass is 10.3. The number of hydrogen-bond donors (Lipinski definition) is 1. The van der Waals surface area contributed by atoms with Crippen molar-refractivity contribution in [3.8, 4) is 5.88 Å². The molecule has 1 aromatic rings. The third-order valence-electron chi connectivity index (χ3n) is 1.79. The predicted molar refractivity (Wildman–Crippen MR) is 52.2 cm³/mol. The van der Waals surface area contributed by atoms with Gasteiger partial charge in [0.1, 0.15) is 0 Å². The third kappa shape index (κ3) is 3.08. The van der Waals surface area contributed by atoms with E-state index in [2.05, 4.69) is 12.0 Å². The topological polar surface area (TPSA) is 70.1 Å². The summed E-state index contributed by atoms with van der Waals surface area (Å²) in [5.74, 6) is 0.444. The summed E-state index contributed by atoms with van der Waals surface area (Å²) in [6.07, 6.45) is 4.77. The Morgan fingerprint density at radius 2 is 2.43 bits per heavy atom. The van der Waals surface area contributed by atoms with Gasteiger partial charge < -0.3 is 10.5 Å². The van der Waals surface area contributed by atoms with Gasteiger partial charge in [0.15, 0.2) is 0 Å². The molecule has 14 heavy (non-hydrogen) atoms. The number of unbranched alkanes of at least 4 members (excludes halogenated alkanes) is 2. The monoisotopic (exact) mass is 197 g/mol. The third-order valence-corrected chi connectivity index (χ3v) is 1.79. The van der Waals surface area contributed by atoms with Crippen LogP contribution in [0.1, 0.15) is 26.2 Å². The fourth-order valence-corrected chi connectivity index (χ4v) is 1.04. The molecule has 0 bridgehead atoms. The van der Waals surface area contributed by atoms with E-state index in [1.807, 2.05) is 0 Å². The van der Waals surface area contributed by atoms with E-state index in [9.17, 15) is 4.79 Å². The van der Waals surface area contributed by atoms with Crippen LogP contribution >= 0.6 is 0 Å². The highest BCUT2D eigenvalue weighted by molar-refractivity contribution is 5.73. The number of ether oxygens (including phenoxy) is 1. The minimum absolute atomic E-state index is 0.444. The maximum atomic E-state index is 10.7. The Hall–Kier alpha value is -1.52. The summed E-state index contributed by atoms with van der Waals surface area (Å²) in [4.78, 5) is 10.7. The van der Waals surface area contributed by atoms with Crippen molar-refractivity contribution >= 4 is 6.03 Å². The zero-order chi connectivity index (χ0) is 10.4. The van der Waals surface area contributed by atoms with Crippen molar-refractivity contribution in [3.63, 3.8) is 0 Å². The molecule has 0 aliphatic rings. The molecular formula is C9H15N3O2. The molecule has 0 saturated heterocycles. The van der Waals surface area contributed by atoms with Crippen molar-refractivity contribution in [1.82, 2.24) is 9.78 Å². The van der Waals surface area contributed by atoms with Gasteiger partial charge in [-0.05, 0) is 6.42 Å². The maximum absolute atomic E-state index is 10.7. The second kappa shape index (κ2) is 5.26. The Labute approximate surface area is 82.8 Å². The van der Waals surface area contributed by atoms with Crippen LogP contribution in [0, 0.1) is 0 Å². The molecule has 0 fully saturated rings. The van der Waals surface area contributed by atoms with Gasteiger partial charge in [-0.25, -0.2) is 4.79 Å². The summed E-state index contributed by atoms with van der Waals surface area (Å²) in [5, 5.41) is 3.83. The Morgan fingerprint density at radius 1 is 1.64 bits per heavy atom. The Balaban J connectivity index is 2.33. The first-order valence-electron chi connectivity index (χ1n) is 4.72. The second-order valence-electron chi connectivity index (χ2n) is 2.99. The van der Waals surface area contributed by atoms with Gasteiger partial charge in [-0.3, -0.25) is 0 Å². The Kier molecular flexibility index (Phi) is 3.97. The van der Waals surface area contributed by atoms with E-state index >= 15 is 0 Å². The zero-order valence-electron chi connectivity index (χ0n) is 8.27. The first-order valence-corrected chi connectivity index (χ1v) is 4.72. The number of carbonyl (C=O) groups is 1. The number of amides is 1. The highest BCUT2D eigenvalue weighted by atomic mass is 16.5. The van der Waals surface area contributed by atoms with Crippen molar-refractivity contribution < 1.29 is 9.53 Å². The molecule has 5 heteroatoms. The van der Waals surface area contributed by atoms with Crippen LogP contribution < -0.4 is 10.5 Å². The van der Waals surface area contributed by atoms with Crippen molar-refractivity contribution in [2.45, 2.75) is 26.2 Å². The van der Waals surface area contributed by atoms with Crippen LogP contribution in [0.4, 0.5) is 4.79 Å². The number of aromatic nitrogens is 2. The van der Waals surface area contributed by atoms with Crippen LogP contribution in [0.3, 0.4) is 0 Å². The van der Waals surface area contributed by atoms with Crippen LogP contribution in [-0.2, 0) is 0 Å². The molecule has 0 spiro atoms. The molecule has 1 amide bonds. The highest BCUT2D eigenvalue weighted by Crippen LogP contribution is 2.06. The van der Waals surface area contributed by atoms with E-state index in [1.165, 1.54) is 6.20 Å². The van der Waals surface area contributed by atoms with E-state index in [4.69, 9.17) is 10.5 Å². The Morgan fingerprint density at radius 3 is 3.00 bits per heavy atom. The molecule has 0 aromatic carbocycles. The average Bonchev–Trinajstić information content (AvgIpc) is 2.61. The molecule has 1 rings (SSSR count). The summed E-state index contributed by atoms with van der Waals surface area (Å²) in [7, 11) is 0. The summed E-state index contributed by atoms with van der Waals surface area (Å²) < 4.78 is 6.35. The lowest BCUT2D eigenvalue weighted by molar-refractivity contribution is 0.245.